The van der Waals surface area contributed by atoms with Gasteiger partial charge in [0.15, 0.2) is 0 Å². The first-order valence-corrected chi connectivity index (χ1v) is 13.5. The van der Waals surface area contributed by atoms with Crippen molar-refractivity contribution in [3.8, 4) is 5.75 Å². The van der Waals surface area contributed by atoms with Crippen LogP contribution >= 0.6 is 11.8 Å². The molecule has 36 heavy (non-hydrogen) atoms. The number of carboxylic acid groups (broad SMARTS) is 1. The molecule has 3 atom stereocenters. The summed E-state index contributed by atoms with van der Waals surface area (Å²) in [7, 11) is 1.60. The van der Waals surface area contributed by atoms with Crippen LogP contribution in [0.25, 0.3) is 10.9 Å². The number of thioether (sulfide) groups is 1. The van der Waals surface area contributed by atoms with Crippen LogP contribution in [0.15, 0.2) is 52.6 Å². The van der Waals surface area contributed by atoms with Crippen LogP contribution in [0.5, 0.6) is 5.75 Å². The van der Waals surface area contributed by atoms with Gasteiger partial charge in [0.05, 0.1) is 18.8 Å². The Morgan fingerprint density at radius 3 is 2.94 bits per heavy atom. The van der Waals surface area contributed by atoms with E-state index in [-0.39, 0.29) is 12.3 Å². The van der Waals surface area contributed by atoms with Gasteiger partial charge in [-0.05, 0) is 86.9 Å². The van der Waals surface area contributed by atoms with Crippen LogP contribution in [0.3, 0.4) is 0 Å². The Morgan fingerprint density at radius 2 is 2.17 bits per heavy atom. The first kappa shape index (κ1) is 26.4. The molecular weight excluding hydrogens is 481 g/mol. The third-order valence-electron chi connectivity index (χ3n) is 7.07. The summed E-state index contributed by atoms with van der Waals surface area (Å²) >= 11 is 1.61. The smallest absolute Gasteiger partial charge is 0.303 e. The SMILES string of the molecule is COc1ccc2nccc([C@H](F)CC[C@@H]3CCN(CCCSc4ncco4)C[C@H]3CCC(=O)O)c2c1. The summed E-state index contributed by atoms with van der Waals surface area (Å²) in [6.07, 6.45) is 7.70. The van der Waals surface area contributed by atoms with E-state index in [1.54, 1.807) is 43.6 Å². The van der Waals surface area contributed by atoms with Gasteiger partial charge < -0.3 is 19.2 Å². The molecule has 3 aromatic rings. The molecular formula is C27H34FN3O4S. The topological polar surface area (TPSA) is 88.7 Å². The van der Waals surface area contributed by atoms with Gasteiger partial charge in [-0.25, -0.2) is 9.37 Å². The third kappa shape index (κ3) is 7.20. The number of carbonyl (C=O) groups is 1. The van der Waals surface area contributed by atoms with Crippen molar-refractivity contribution in [2.24, 2.45) is 11.8 Å². The van der Waals surface area contributed by atoms with Crippen LogP contribution in [0, 0.1) is 11.8 Å². The van der Waals surface area contributed by atoms with E-state index in [4.69, 9.17) is 9.15 Å². The number of piperidine rings is 1. The second-order valence-electron chi connectivity index (χ2n) is 9.37. The van der Waals surface area contributed by atoms with Gasteiger partial charge in [0.25, 0.3) is 5.22 Å². The minimum Gasteiger partial charge on any atom is -0.497 e. The number of halogens is 1. The number of methoxy groups -OCH3 is 1. The summed E-state index contributed by atoms with van der Waals surface area (Å²) in [6.45, 7) is 2.79. The first-order valence-electron chi connectivity index (χ1n) is 12.6. The Bertz CT molecular complexity index is 1110. The Labute approximate surface area is 215 Å². The van der Waals surface area contributed by atoms with E-state index < -0.39 is 12.1 Å². The molecule has 1 N–H and O–H groups in total. The average molecular weight is 516 g/mol. The fourth-order valence-corrected chi connectivity index (χ4v) is 5.87. The predicted octanol–water partition coefficient (Wildman–Crippen LogP) is 6.01. The molecule has 0 saturated carbocycles. The van der Waals surface area contributed by atoms with Crippen LogP contribution in [0.2, 0.25) is 0 Å². The van der Waals surface area contributed by atoms with Crippen LogP contribution in [0.4, 0.5) is 4.39 Å². The van der Waals surface area contributed by atoms with Crippen molar-refractivity contribution < 1.29 is 23.4 Å². The molecule has 0 amide bonds. The second-order valence-corrected chi connectivity index (χ2v) is 10.4. The van der Waals surface area contributed by atoms with Crippen molar-refractivity contribution in [3.63, 3.8) is 0 Å². The van der Waals surface area contributed by atoms with Gasteiger partial charge in [-0.1, -0.05) is 11.8 Å². The Morgan fingerprint density at radius 1 is 1.28 bits per heavy atom. The van der Waals surface area contributed by atoms with Crippen molar-refractivity contribution in [1.29, 1.82) is 0 Å². The summed E-state index contributed by atoms with van der Waals surface area (Å²) in [4.78, 5) is 22.2. The molecule has 3 heterocycles. The molecule has 0 aliphatic carbocycles. The van der Waals surface area contributed by atoms with Crippen LogP contribution in [0.1, 0.15) is 50.3 Å². The van der Waals surface area contributed by atoms with Crippen LogP contribution < -0.4 is 4.74 Å². The Kier molecular flexibility index (Phi) is 9.58. The summed E-state index contributed by atoms with van der Waals surface area (Å²) in [5, 5.41) is 10.7. The molecule has 4 rings (SSSR count). The molecule has 1 aliphatic rings. The van der Waals surface area contributed by atoms with E-state index in [1.165, 1.54) is 0 Å². The highest BCUT2D eigenvalue weighted by Gasteiger charge is 2.30. The van der Waals surface area contributed by atoms with Crippen molar-refractivity contribution in [3.05, 3.63) is 48.5 Å². The Balaban J connectivity index is 1.33. The normalized spacial score (nSPS) is 19.4. The van der Waals surface area contributed by atoms with Gasteiger partial charge >= 0.3 is 5.97 Å². The number of fused-ring (bicyclic) bond motifs is 1. The fraction of sp³-hybridized carbons (Fsp3) is 0.519. The van der Waals surface area contributed by atoms with Crippen molar-refractivity contribution in [2.75, 3.05) is 32.5 Å². The van der Waals surface area contributed by atoms with Gasteiger partial charge in [0.2, 0.25) is 0 Å². The maximum absolute atomic E-state index is 15.5. The number of nitrogens with zero attached hydrogens (tertiary/aromatic N) is 3. The average Bonchev–Trinajstić information content (AvgIpc) is 3.42. The molecule has 1 aliphatic heterocycles. The zero-order valence-electron chi connectivity index (χ0n) is 20.6. The monoisotopic (exact) mass is 515 g/mol. The van der Waals surface area contributed by atoms with Crippen molar-refractivity contribution in [1.82, 2.24) is 14.9 Å². The summed E-state index contributed by atoms with van der Waals surface area (Å²) < 4.78 is 26.1. The van der Waals surface area contributed by atoms with Gasteiger partial charge in [-0.15, -0.1) is 0 Å². The van der Waals surface area contributed by atoms with Gasteiger partial charge in [-0.3, -0.25) is 9.78 Å². The number of carboxylic acids is 1. The molecule has 0 unspecified atom stereocenters. The number of alkyl halides is 1. The Hall–Kier alpha value is -2.65. The number of aliphatic carboxylic acids is 1. The summed E-state index contributed by atoms with van der Waals surface area (Å²) in [6, 6.07) is 7.29. The minimum atomic E-state index is -1.10. The summed E-state index contributed by atoms with van der Waals surface area (Å²) in [5.74, 6) is 1.42. The lowest BCUT2D eigenvalue weighted by atomic mass is 9.79. The van der Waals surface area contributed by atoms with Crippen molar-refractivity contribution in [2.45, 2.75) is 49.9 Å². The molecule has 7 nitrogen and oxygen atoms in total. The number of oxazole rings is 1. The number of rotatable bonds is 13. The van der Waals surface area contributed by atoms with Gasteiger partial charge in [0.1, 0.15) is 18.2 Å². The highest BCUT2D eigenvalue weighted by Crippen LogP contribution is 2.36. The predicted molar refractivity (Wildman–Crippen MR) is 138 cm³/mol. The quantitative estimate of drug-likeness (QED) is 0.219. The molecule has 1 aromatic carbocycles. The van der Waals surface area contributed by atoms with Gasteiger partial charge in [0, 0.05) is 30.3 Å². The molecule has 1 saturated heterocycles. The zero-order valence-corrected chi connectivity index (χ0v) is 21.5. The molecule has 2 aromatic heterocycles. The summed E-state index contributed by atoms with van der Waals surface area (Å²) in [5.41, 5.74) is 1.39. The molecule has 194 valence electrons. The van der Waals surface area contributed by atoms with E-state index in [2.05, 4.69) is 14.9 Å². The lowest BCUT2D eigenvalue weighted by Gasteiger charge is -2.39. The van der Waals surface area contributed by atoms with E-state index in [0.717, 1.165) is 55.6 Å². The standard InChI is InChI=1S/C27H34FN3O4S/c1-34-21-5-7-25-23(17-21)22(9-11-29-25)24(28)6-3-19-10-14-31(18-20(19)4-8-26(32)33)13-2-16-36-27-30-12-15-35-27/h5,7,9,11-12,15,17,19-20,24H,2-4,6,8,10,13-14,16,18H2,1H3,(H,32,33)/t19-,20-,24-/m1/s1. The number of hydrogen-bond donors (Lipinski definition) is 1. The zero-order chi connectivity index (χ0) is 25.3. The first-order chi connectivity index (χ1) is 17.5. The number of pyridine rings is 1. The molecule has 0 spiro atoms. The number of ether oxygens (including phenoxy) is 1. The molecule has 1 fully saturated rings. The minimum absolute atomic E-state index is 0.156. The number of aromatic nitrogens is 2. The van der Waals surface area contributed by atoms with E-state index in [9.17, 15) is 9.90 Å². The van der Waals surface area contributed by atoms with Crippen molar-refractivity contribution >= 4 is 28.6 Å². The maximum Gasteiger partial charge on any atom is 0.303 e. The van der Waals surface area contributed by atoms with E-state index in [1.807, 2.05) is 18.2 Å². The lowest BCUT2D eigenvalue weighted by Crippen LogP contribution is -2.41. The fourth-order valence-electron chi connectivity index (χ4n) is 5.17. The molecule has 0 bridgehead atoms. The third-order valence-corrected chi connectivity index (χ3v) is 8.01. The second kappa shape index (κ2) is 13.1. The highest BCUT2D eigenvalue weighted by atomic mass is 32.2. The number of hydrogen-bond acceptors (Lipinski definition) is 7. The van der Waals surface area contributed by atoms with Gasteiger partial charge in [-0.2, -0.15) is 0 Å². The molecule has 9 heteroatoms. The van der Waals surface area contributed by atoms with E-state index in [0.29, 0.717) is 35.3 Å². The lowest BCUT2D eigenvalue weighted by molar-refractivity contribution is -0.137. The highest BCUT2D eigenvalue weighted by molar-refractivity contribution is 7.99. The number of likely N-dealkylation sites (tertiary alicyclic amines) is 1. The number of benzene rings is 1. The van der Waals surface area contributed by atoms with Crippen LogP contribution in [-0.4, -0.2) is 58.4 Å². The molecule has 0 radical (unpaired) electrons. The maximum atomic E-state index is 15.5. The largest absolute Gasteiger partial charge is 0.497 e. The van der Waals surface area contributed by atoms with Crippen LogP contribution in [-0.2, 0) is 4.79 Å². The van der Waals surface area contributed by atoms with E-state index >= 15 is 4.39 Å².